The van der Waals surface area contributed by atoms with Gasteiger partial charge in [0.2, 0.25) is 10.0 Å². The van der Waals surface area contributed by atoms with E-state index in [2.05, 4.69) is 10.0 Å². The number of sulfonamides is 1. The molecule has 1 aromatic rings. The number of hydrogen-bond donors (Lipinski definition) is 2. The Labute approximate surface area is 123 Å². The zero-order valence-corrected chi connectivity index (χ0v) is 12.7. The first-order valence-corrected chi connectivity index (χ1v) is 7.84. The summed E-state index contributed by atoms with van der Waals surface area (Å²) in [6.07, 6.45) is 1.06. The molecule has 8 nitrogen and oxygen atoms in total. The third kappa shape index (κ3) is 5.37. The molecule has 0 amide bonds. The van der Waals surface area contributed by atoms with Crippen LogP contribution in [0.25, 0.3) is 0 Å². The van der Waals surface area contributed by atoms with E-state index in [4.69, 9.17) is 5.26 Å². The molecule has 0 atom stereocenters. The highest BCUT2D eigenvalue weighted by Gasteiger charge is 2.22. The normalized spacial score (nSPS) is 11.7. The van der Waals surface area contributed by atoms with Gasteiger partial charge in [-0.25, -0.2) is 13.1 Å². The largest absolute Gasteiger partial charge is 0.382 e. The average molecular weight is 312 g/mol. The molecule has 0 aliphatic carbocycles. The van der Waals surface area contributed by atoms with Gasteiger partial charge in [-0.3, -0.25) is 10.1 Å². The Morgan fingerprint density at radius 2 is 2.05 bits per heavy atom. The molecule has 0 bridgehead atoms. The van der Waals surface area contributed by atoms with Crippen LogP contribution >= 0.6 is 0 Å². The van der Waals surface area contributed by atoms with E-state index in [0.717, 1.165) is 6.26 Å². The molecular formula is C12H16N4O4S. The lowest BCUT2D eigenvalue weighted by Crippen LogP contribution is -2.47. The van der Waals surface area contributed by atoms with E-state index >= 15 is 0 Å². The highest BCUT2D eigenvalue weighted by atomic mass is 32.2. The lowest BCUT2D eigenvalue weighted by molar-refractivity contribution is -0.384. The zero-order valence-electron chi connectivity index (χ0n) is 11.9. The highest BCUT2D eigenvalue weighted by Crippen LogP contribution is 2.22. The predicted molar refractivity (Wildman–Crippen MR) is 78.4 cm³/mol. The van der Waals surface area contributed by atoms with E-state index in [0.29, 0.717) is 5.69 Å². The number of nitro benzene ring substituents is 1. The minimum Gasteiger partial charge on any atom is -0.382 e. The number of benzene rings is 1. The van der Waals surface area contributed by atoms with E-state index in [1.54, 1.807) is 13.8 Å². The standard InChI is InChI=1S/C12H16N4O4S/c1-12(2,15-21(3,19)20)8-14-11-5-4-10(16(17)18)6-9(11)7-13/h4-6,14-15H,8H2,1-3H3. The molecule has 0 spiro atoms. The molecule has 0 heterocycles. The van der Waals surface area contributed by atoms with Crippen molar-refractivity contribution < 1.29 is 13.3 Å². The van der Waals surface area contributed by atoms with Gasteiger partial charge in [0.15, 0.2) is 0 Å². The van der Waals surface area contributed by atoms with Gasteiger partial charge in [-0.2, -0.15) is 5.26 Å². The van der Waals surface area contributed by atoms with Gasteiger partial charge in [-0.05, 0) is 19.9 Å². The van der Waals surface area contributed by atoms with Gasteiger partial charge >= 0.3 is 0 Å². The summed E-state index contributed by atoms with van der Waals surface area (Å²) in [5, 5.41) is 22.6. The first-order chi connectivity index (χ1) is 9.54. The predicted octanol–water partition coefficient (Wildman–Crippen LogP) is 1.21. The molecule has 0 fully saturated rings. The van der Waals surface area contributed by atoms with E-state index in [1.165, 1.54) is 18.2 Å². The van der Waals surface area contributed by atoms with E-state index in [1.807, 2.05) is 6.07 Å². The van der Waals surface area contributed by atoms with Gasteiger partial charge in [0.1, 0.15) is 6.07 Å². The number of nitrogens with one attached hydrogen (secondary N) is 2. The molecule has 1 rings (SSSR count). The quantitative estimate of drug-likeness (QED) is 0.600. The van der Waals surface area contributed by atoms with Gasteiger partial charge < -0.3 is 5.32 Å². The smallest absolute Gasteiger partial charge is 0.270 e. The third-order valence-corrected chi connectivity index (χ3v) is 3.44. The minimum absolute atomic E-state index is 0.124. The summed E-state index contributed by atoms with van der Waals surface area (Å²) < 4.78 is 24.9. The summed E-state index contributed by atoms with van der Waals surface area (Å²) >= 11 is 0. The Balaban J connectivity index is 2.90. The van der Waals surface area contributed by atoms with Crippen molar-refractivity contribution in [2.75, 3.05) is 18.1 Å². The van der Waals surface area contributed by atoms with Crippen LogP contribution in [0.1, 0.15) is 19.4 Å². The van der Waals surface area contributed by atoms with Crippen molar-refractivity contribution >= 4 is 21.4 Å². The van der Waals surface area contributed by atoms with E-state index in [9.17, 15) is 18.5 Å². The number of hydrogen-bond acceptors (Lipinski definition) is 6. The van der Waals surface area contributed by atoms with Gasteiger partial charge in [-0.1, -0.05) is 0 Å². The molecule has 2 N–H and O–H groups in total. The fourth-order valence-corrected chi connectivity index (χ4v) is 2.82. The Bertz CT molecular complexity index is 692. The third-order valence-electron chi connectivity index (χ3n) is 2.52. The van der Waals surface area contributed by atoms with Crippen molar-refractivity contribution in [3.05, 3.63) is 33.9 Å². The molecule has 0 aromatic heterocycles. The van der Waals surface area contributed by atoms with Crippen LogP contribution < -0.4 is 10.0 Å². The SMILES string of the molecule is CC(C)(CNc1ccc([N+](=O)[O-])cc1C#N)NS(C)(=O)=O. The summed E-state index contributed by atoms with van der Waals surface area (Å²) in [6.45, 7) is 3.57. The van der Waals surface area contributed by atoms with E-state index < -0.39 is 20.5 Å². The molecule has 0 aliphatic rings. The summed E-state index contributed by atoms with van der Waals surface area (Å²) in [5.74, 6) is 0. The second-order valence-electron chi connectivity index (χ2n) is 5.21. The molecule has 1 aromatic carbocycles. The maximum absolute atomic E-state index is 11.2. The number of nitrogens with zero attached hydrogens (tertiary/aromatic N) is 2. The molecule has 0 saturated carbocycles. The average Bonchev–Trinajstić information content (AvgIpc) is 2.33. The second-order valence-corrected chi connectivity index (χ2v) is 6.96. The Hall–Kier alpha value is -2.18. The van der Waals surface area contributed by atoms with Crippen LogP contribution in [0, 0.1) is 21.4 Å². The maximum Gasteiger partial charge on any atom is 0.270 e. The number of non-ortho nitro benzene ring substituents is 1. The summed E-state index contributed by atoms with van der Waals surface area (Å²) in [6, 6.07) is 5.74. The van der Waals surface area contributed by atoms with E-state index in [-0.39, 0.29) is 17.8 Å². The van der Waals surface area contributed by atoms with Gasteiger partial charge in [0.25, 0.3) is 5.69 Å². The fourth-order valence-electron chi connectivity index (χ4n) is 1.75. The van der Waals surface area contributed by atoms with Crippen LogP contribution in [-0.2, 0) is 10.0 Å². The Morgan fingerprint density at radius 1 is 1.43 bits per heavy atom. The fraction of sp³-hybridized carbons (Fsp3) is 0.417. The van der Waals surface area contributed by atoms with Crippen molar-refractivity contribution in [2.24, 2.45) is 0 Å². The monoisotopic (exact) mass is 312 g/mol. The first-order valence-electron chi connectivity index (χ1n) is 5.95. The van der Waals surface area contributed by atoms with Crippen LogP contribution in [-0.4, -0.2) is 31.7 Å². The minimum atomic E-state index is -3.36. The molecule has 0 radical (unpaired) electrons. The molecule has 0 saturated heterocycles. The van der Waals surface area contributed by atoms with Crippen LogP contribution in [0.5, 0.6) is 0 Å². The number of nitriles is 1. The summed E-state index contributed by atoms with van der Waals surface area (Å²) in [5.41, 5.74) is -0.418. The van der Waals surface area contributed by atoms with Crippen LogP contribution in [0.2, 0.25) is 0 Å². The van der Waals surface area contributed by atoms with Gasteiger partial charge in [0.05, 0.1) is 22.4 Å². The number of anilines is 1. The second kappa shape index (κ2) is 6.07. The van der Waals surface area contributed by atoms with Crippen LogP contribution in [0.3, 0.4) is 0 Å². The van der Waals surface area contributed by atoms with Gasteiger partial charge in [-0.15, -0.1) is 0 Å². The molecule has 114 valence electrons. The molecule has 9 heteroatoms. The summed E-state index contributed by atoms with van der Waals surface area (Å²) in [4.78, 5) is 10.1. The maximum atomic E-state index is 11.2. The van der Waals surface area contributed by atoms with Crippen molar-refractivity contribution in [2.45, 2.75) is 19.4 Å². The van der Waals surface area contributed by atoms with Crippen LogP contribution in [0.4, 0.5) is 11.4 Å². The molecule has 21 heavy (non-hydrogen) atoms. The lowest BCUT2D eigenvalue weighted by atomic mass is 10.1. The van der Waals surface area contributed by atoms with Crippen molar-refractivity contribution in [1.29, 1.82) is 5.26 Å². The lowest BCUT2D eigenvalue weighted by Gasteiger charge is -2.26. The molecular weight excluding hydrogens is 296 g/mol. The van der Waals surface area contributed by atoms with Gasteiger partial charge in [0, 0.05) is 24.2 Å². The van der Waals surface area contributed by atoms with Crippen molar-refractivity contribution in [3.63, 3.8) is 0 Å². The number of nitro groups is 1. The molecule has 0 aliphatic heterocycles. The van der Waals surface area contributed by atoms with Crippen molar-refractivity contribution in [3.8, 4) is 6.07 Å². The van der Waals surface area contributed by atoms with Crippen LogP contribution in [0.15, 0.2) is 18.2 Å². The Morgan fingerprint density at radius 3 is 2.52 bits per heavy atom. The topological polar surface area (TPSA) is 125 Å². The molecule has 0 unspecified atom stereocenters. The zero-order chi connectivity index (χ0) is 16.3. The Kier molecular flexibility index (Phi) is 4.88. The number of rotatable bonds is 6. The first kappa shape index (κ1) is 16.9. The van der Waals surface area contributed by atoms with Crippen molar-refractivity contribution in [1.82, 2.24) is 4.72 Å². The summed E-state index contributed by atoms with van der Waals surface area (Å²) in [7, 11) is -3.36. The highest BCUT2D eigenvalue weighted by molar-refractivity contribution is 7.88.